The molecule has 0 aliphatic rings. The van der Waals surface area contributed by atoms with Crippen molar-refractivity contribution in [2.24, 2.45) is 0 Å². The number of hydrogen-bond donors (Lipinski definition) is 4. The van der Waals surface area contributed by atoms with Crippen LogP contribution in [0, 0.1) is 20.8 Å². The number of hydrogen-bond acceptors (Lipinski definition) is 8. The first-order valence-corrected chi connectivity index (χ1v) is 14.3. The SMILES string of the molecule is Cc1ccc(C(=O)Nc2ccc(C(=O)NNC(=O)[C@@H](OC(=O)c3cccc(C)c3)[C@H](OC(=O)c3cccc(C)c3)C(=O)O)cc2)cc1. The first-order chi connectivity index (χ1) is 22.4. The van der Waals surface area contributed by atoms with E-state index in [4.69, 9.17) is 9.47 Å². The van der Waals surface area contributed by atoms with Gasteiger partial charge in [0.25, 0.3) is 17.7 Å². The van der Waals surface area contributed by atoms with Crippen molar-refractivity contribution >= 4 is 41.3 Å². The fourth-order valence-electron chi connectivity index (χ4n) is 4.28. The molecule has 4 rings (SSSR count). The van der Waals surface area contributed by atoms with Crippen LogP contribution >= 0.6 is 0 Å². The van der Waals surface area contributed by atoms with E-state index in [1.165, 1.54) is 48.5 Å². The van der Waals surface area contributed by atoms with Crippen LogP contribution in [0.4, 0.5) is 5.69 Å². The van der Waals surface area contributed by atoms with Gasteiger partial charge in [-0.05, 0) is 81.4 Å². The van der Waals surface area contributed by atoms with Gasteiger partial charge >= 0.3 is 17.9 Å². The predicted molar refractivity (Wildman–Crippen MR) is 170 cm³/mol. The normalized spacial score (nSPS) is 11.7. The van der Waals surface area contributed by atoms with Crippen LogP contribution in [0.25, 0.3) is 0 Å². The van der Waals surface area contributed by atoms with Gasteiger partial charge in [0.05, 0.1) is 11.1 Å². The fraction of sp³-hybridized carbons (Fsp3) is 0.143. The molecule has 2 atom stereocenters. The average molecular weight is 638 g/mol. The van der Waals surface area contributed by atoms with Crippen molar-refractivity contribution in [3.63, 3.8) is 0 Å². The Labute approximate surface area is 269 Å². The van der Waals surface area contributed by atoms with E-state index in [2.05, 4.69) is 10.7 Å². The molecule has 0 fully saturated rings. The summed E-state index contributed by atoms with van der Waals surface area (Å²) in [5, 5.41) is 12.6. The first-order valence-electron chi connectivity index (χ1n) is 14.3. The molecule has 240 valence electrons. The Morgan fingerprint density at radius 2 is 1.04 bits per heavy atom. The van der Waals surface area contributed by atoms with Crippen molar-refractivity contribution in [1.82, 2.24) is 10.9 Å². The van der Waals surface area contributed by atoms with Crippen molar-refractivity contribution in [1.29, 1.82) is 0 Å². The highest BCUT2D eigenvalue weighted by atomic mass is 16.6. The summed E-state index contributed by atoms with van der Waals surface area (Å²) in [5.41, 5.74) is 7.48. The molecule has 3 amide bonds. The van der Waals surface area contributed by atoms with Gasteiger partial charge in [0.15, 0.2) is 0 Å². The molecule has 4 aromatic carbocycles. The minimum absolute atomic E-state index is 0.00669. The molecule has 4 N–H and O–H groups in total. The van der Waals surface area contributed by atoms with Crippen LogP contribution in [-0.2, 0) is 19.1 Å². The topological polar surface area (TPSA) is 177 Å². The summed E-state index contributed by atoms with van der Waals surface area (Å²) in [5.74, 6) is -6.38. The van der Waals surface area contributed by atoms with E-state index in [-0.39, 0.29) is 22.6 Å². The minimum atomic E-state index is -2.29. The number of hydrazine groups is 1. The molecule has 0 heterocycles. The van der Waals surface area contributed by atoms with Crippen LogP contribution in [0.2, 0.25) is 0 Å². The van der Waals surface area contributed by atoms with Crippen LogP contribution in [-0.4, -0.2) is 52.9 Å². The van der Waals surface area contributed by atoms with Crippen LogP contribution in [0.15, 0.2) is 97.1 Å². The predicted octanol–water partition coefficient (Wildman–Crippen LogP) is 4.16. The Balaban J connectivity index is 1.48. The zero-order valence-electron chi connectivity index (χ0n) is 25.6. The molecule has 12 heteroatoms. The van der Waals surface area contributed by atoms with Crippen molar-refractivity contribution < 1.29 is 43.3 Å². The maximum Gasteiger partial charge on any atom is 0.349 e. The number of ether oxygens (including phenoxy) is 2. The second-order valence-electron chi connectivity index (χ2n) is 10.6. The Bertz CT molecular complexity index is 1820. The molecular weight excluding hydrogens is 606 g/mol. The number of anilines is 1. The number of aliphatic carboxylic acids is 1. The molecular formula is C35H31N3O9. The molecule has 0 unspecified atom stereocenters. The van der Waals surface area contributed by atoms with Crippen LogP contribution in [0.3, 0.4) is 0 Å². The number of nitrogens with one attached hydrogen (secondary N) is 3. The van der Waals surface area contributed by atoms with Gasteiger partial charge in [-0.3, -0.25) is 25.2 Å². The van der Waals surface area contributed by atoms with Crippen molar-refractivity contribution in [2.45, 2.75) is 33.0 Å². The zero-order valence-corrected chi connectivity index (χ0v) is 25.6. The third-order valence-corrected chi connectivity index (χ3v) is 6.77. The Kier molecular flexibility index (Phi) is 10.8. The molecule has 0 saturated heterocycles. The lowest BCUT2D eigenvalue weighted by Crippen LogP contribution is -2.54. The summed E-state index contributed by atoms with van der Waals surface area (Å²) in [4.78, 5) is 76.6. The quantitative estimate of drug-likeness (QED) is 0.147. The third-order valence-electron chi connectivity index (χ3n) is 6.77. The average Bonchev–Trinajstić information content (AvgIpc) is 3.05. The molecule has 12 nitrogen and oxygen atoms in total. The molecule has 0 aliphatic heterocycles. The molecule has 0 bridgehead atoms. The van der Waals surface area contributed by atoms with Crippen LogP contribution < -0.4 is 16.2 Å². The summed E-state index contributed by atoms with van der Waals surface area (Å²) in [6.45, 7) is 5.33. The van der Waals surface area contributed by atoms with Gasteiger partial charge < -0.3 is 19.9 Å². The summed E-state index contributed by atoms with van der Waals surface area (Å²) in [6.07, 6.45) is -4.50. The largest absolute Gasteiger partial charge is 0.478 e. The number of carboxylic acid groups (broad SMARTS) is 1. The van der Waals surface area contributed by atoms with Crippen molar-refractivity contribution in [2.75, 3.05) is 5.32 Å². The smallest absolute Gasteiger partial charge is 0.349 e. The van der Waals surface area contributed by atoms with Gasteiger partial charge in [-0.1, -0.05) is 53.1 Å². The van der Waals surface area contributed by atoms with E-state index >= 15 is 0 Å². The first kappa shape index (κ1) is 33.6. The Morgan fingerprint density at radius 3 is 1.55 bits per heavy atom. The second-order valence-corrected chi connectivity index (χ2v) is 10.6. The highest BCUT2D eigenvalue weighted by molar-refractivity contribution is 6.05. The lowest BCUT2D eigenvalue weighted by Gasteiger charge is -2.23. The van der Waals surface area contributed by atoms with E-state index in [0.717, 1.165) is 5.56 Å². The number of carboxylic acids is 1. The minimum Gasteiger partial charge on any atom is -0.478 e. The van der Waals surface area contributed by atoms with Crippen LogP contribution in [0.5, 0.6) is 0 Å². The van der Waals surface area contributed by atoms with E-state index in [1.807, 2.05) is 12.3 Å². The fourth-order valence-corrected chi connectivity index (χ4v) is 4.28. The maximum absolute atomic E-state index is 13.3. The summed E-state index contributed by atoms with van der Waals surface area (Å²) in [7, 11) is 0. The van der Waals surface area contributed by atoms with Crippen molar-refractivity contribution in [3.05, 3.63) is 136 Å². The van der Waals surface area contributed by atoms with E-state index in [1.54, 1.807) is 62.4 Å². The number of benzene rings is 4. The number of aryl methyl sites for hydroxylation is 3. The maximum atomic E-state index is 13.3. The summed E-state index contributed by atoms with van der Waals surface area (Å²) >= 11 is 0. The molecule has 0 spiro atoms. The number of carbonyl (C=O) groups excluding carboxylic acids is 5. The van der Waals surface area contributed by atoms with E-state index in [0.29, 0.717) is 22.4 Å². The molecule has 0 radical (unpaired) electrons. The lowest BCUT2D eigenvalue weighted by molar-refractivity contribution is -0.159. The number of rotatable bonds is 10. The molecule has 0 aliphatic carbocycles. The third kappa shape index (κ3) is 9.11. The van der Waals surface area contributed by atoms with Crippen molar-refractivity contribution in [3.8, 4) is 0 Å². The summed E-state index contributed by atoms with van der Waals surface area (Å²) < 4.78 is 10.4. The van der Waals surface area contributed by atoms with Gasteiger partial charge in [-0.15, -0.1) is 0 Å². The van der Waals surface area contributed by atoms with Gasteiger partial charge in [-0.2, -0.15) is 0 Å². The second kappa shape index (κ2) is 15.1. The molecule has 0 saturated carbocycles. The van der Waals surface area contributed by atoms with Gasteiger partial charge in [0, 0.05) is 16.8 Å². The lowest BCUT2D eigenvalue weighted by atomic mass is 10.1. The highest BCUT2D eigenvalue weighted by Gasteiger charge is 2.41. The molecule has 0 aromatic heterocycles. The highest BCUT2D eigenvalue weighted by Crippen LogP contribution is 2.16. The number of esters is 2. The molecule has 47 heavy (non-hydrogen) atoms. The summed E-state index contributed by atoms with van der Waals surface area (Å²) in [6, 6.07) is 24.9. The van der Waals surface area contributed by atoms with E-state index in [9.17, 15) is 33.9 Å². The Hall–Kier alpha value is -6.30. The van der Waals surface area contributed by atoms with E-state index < -0.39 is 41.9 Å². The number of amides is 3. The van der Waals surface area contributed by atoms with Gasteiger partial charge in [-0.25, -0.2) is 14.4 Å². The van der Waals surface area contributed by atoms with Crippen LogP contribution in [0.1, 0.15) is 58.1 Å². The standard InChI is InChI=1S/C35H31N3O9/c1-20-10-12-23(13-11-20)30(39)36-27-16-14-24(15-17-27)31(40)37-38-32(41)28(46-34(44)25-8-4-6-21(2)18-25)29(33(42)43)47-35(45)26-9-5-7-22(3)19-26/h4-19,28-29H,1-3H3,(H,36,39)(H,37,40)(H,38,41)(H,42,43)/t28-,29-/m0/s1. The zero-order chi connectivity index (χ0) is 34.1. The van der Waals surface area contributed by atoms with Gasteiger partial charge in [0.2, 0.25) is 12.2 Å². The molecule has 4 aromatic rings. The Morgan fingerprint density at radius 1 is 0.553 bits per heavy atom. The monoisotopic (exact) mass is 637 g/mol. The number of carbonyl (C=O) groups is 6. The van der Waals surface area contributed by atoms with Gasteiger partial charge in [0.1, 0.15) is 0 Å².